The van der Waals surface area contributed by atoms with Crippen LogP contribution in [-0.4, -0.2) is 49.1 Å². The Labute approximate surface area is 222 Å². The van der Waals surface area contributed by atoms with E-state index >= 15 is 0 Å². The maximum absolute atomic E-state index is 14.0. The maximum Gasteiger partial charge on any atom is 0.335 e. The van der Waals surface area contributed by atoms with Crippen molar-refractivity contribution in [1.82, 2.24) is 24.2 Å². The van der Waals surface area contributed by atoms with Crippen molar-refractivity contribution in [2.45, 2.75) is 38.8 Å². The fraction of sp³-hybridized carbons (Fsp3) is 0.308. The van der Waals surface area contributed by atoms with Crippen LogP contribution in [0.5, 0.6) is 0 Å². The van der Waals surface area contributed by atoms with Crippen molar-refractivity contribution in [2.24, 2.45) is 0 Å². The maximum atomic E-state index is 14.0. The Morgan fingerprint density at radius 1 is 1.21 bits per heavy atom. The first kappa shape index (κ1) is 26.2. The van der Waals surface area contributed by atoms with Crippen LogP contribution in [0.4, 0.5) is 24.8 Å². The smallest absolute Gasteiger partial charge is 0.335 e. The normalized spacial score (nSPS) is 15.7. The highest BCUT2D eigenvalue weighted by molar-refractivity contribution is 6.33. The molecule has 0 fully saturated rings. The lowest BCUT2D eigenvalue weighted by Gasteiger charge is -2.36. The number of methoxy groups -OCH3 is 1. The van der Waals surface area contributed by atoms with Crippen LogP contribution in [0.3, 0.4) is 0 Å². The van der Waals surface area contributed by atoms with E-state index in [1.807, 2.05) is 12.3 Å². The lowest BCUT2D eigenvalue weighted by molar-refractivity contribution is 0.0536. The van der Waals surface area contributed by atoms with Gasteiger partial charge in [0.05, 0.1) is 30.5 Å². The molecule has 0 radical (unpaired) electrons. The van der Waals surface area contributed by atoms with Crippen molar-refractivity contribution < 1.29 is 23.0 Å². The van der Waals surface area contributed by atoms with Gasteiger partial charge in [0.2, 0.25) is 0 Å². The number of aromatic nitrogens is 4. The highest BCUT2D eigenvalue weighted by Crippen LogP contribution is 2.34. The Balaban J connectivity index is 1.42. The molecule has 1 aliphatic heterocycles. The molecule has 200 valence electrons. The summed E-state index contributed by atoms with van der Waals surface area (Å²) in [5.74, 6) is 0.101. The van der Waals surface area contributed by atoms with Crippen molar-refractivity contribution >= 4 is 23.2 Å². The number of aliphatic hydroxyl groups is 1. The van der Waals surface area contributed by atoms with Gasteiger partial charge < -0.3 is 19.7 Å². The van der Waals surface area contributed by atoms with Crippen LogP contribution in [0.15, 0.2) is 55.0 Å². The Morgan fingerprint density at radius 3 is 2.82 bits per heavy atom. The number of nitrogens with one attached hydrogen (secondary N) is 1. The van der Waals surface area contributed by atoms with E-state index in [4.69, 9.17) is 16.3 Å². The largest absolute Gasteiger partial charge is 0.392 e. The van der Waals surface area contributed by atoms with Gasteiger partial charge in [-0.2, -0.15) is 18.6 Å². The van der Waals surface area contributed by atoms with Crippen LogP contribution in [0, 0.1) is 5.82 Å². The van der Waals surface area contributed by atoms with Crippen molar-refractivity contribution in [3.05, 3.63) is 82.6 Å². The lowest BCUT2D eigenvalue weighted by atomic mass is 10.0. The Bertz CT molecular complexity index is 1430. The summed E-state index contributed by atoms with van der Waals surface area (Å²) >= 11 is 6.49. The van der Waals surface area contributed by atoms with Crippen LogP contribution in [0.2, 0.25) is 5.02 Å². The van der Waals surface area contributed by atoms with Gasteiger partial charge in [-0.25, -0.2) is 9.37 Å². The first-order valence-electron chi connectivity index (χ1n) is 11.9. The van der Waals surface area contributed by atoms with Gasteiger partial charge in [-0.15, -0.1) is 0 Å². The van der Waals surface area contributed by atoms with E-state index in [0.29, 0.717) is 52.9 Å². The number of alkyl halides is 2. The molecule has 1 atom stereocenters. The highest BCUT2D eigenvalue weighted by atomic mass is 35.5. The van der Waals surface area contributed by atoms with Gasteiger partial charge >= 0.3 is 6.55 Å². The molecule has 0 saturated carbocycles. The molecule has 1 aliphatic rings. The van der Waals surface area contributed by atoms with Crippen LogP contribution in [-0.2, 0) is 31.0 Å². The number of fused-ring (bicyclic) bond motifs is 1. The predicted octanol–water partition coefficient (Wildman–Crippen LogP) is 5.20. The summed E-state index contributed by atoms with van der Waals surface area (Å²) in [6.07, 6.45) is 4.74. The van der Waals surface area contributed by atoms with E-state index in [1.54, 1.807) is 19.2 Å². The van der Waals surface area contributed by atoms with Crippen molar-refractivity contribution in [3.63, 3.8) is 0 Å². The van der Waals surface area contributed by atoms with Crippen LogP contribution in [0.25, 0.3) is 11.1 Å². The second-order valence-corrected chi connectivity index (χ2v) is 9.48. The molecule has 4 aromatic rings. The molecule has 3 aromatic heterocycles. The molecule has 0 bridgehead atoms. The summed E-state index contributed by atoms with van der Waals surface area (Å²) in [6.45, 7) is -0.844. The first-order valence-corrected chi connectivity index (χ1v) is 12.3. The van der Waals surface area contributed by atoms with Gasteiger partial charge in [0.15, 0.2) is 0 Å². The molecule has 0 saturated heterocycles. The number of nitrogens with zero attached hydrogens (tertiary/aromatic N) is 5. The molecule has 4 heterocycles. The minimum Gasteiger partial charge on any atom is -0.392 e. The number of anilines is 2. The number of benzene rings is 1. The van der Waals surface area contributed by atoms with Gasteiger partial charge in [-0.05, 0) is 35.4 Å². The zero-order valence-corrected chi connectivity index (χ0v) is 21.2. The van der Waals surface area contributed by atoms with Gasteiger partial charge in [-0.1, -0.05) is 17.7 Å². The van der Waals surface area contributed by atoms with Gasteiger partial charge in [0.1, 0.15) is 17.5 Å². The Morgan fingerprint density at radius 2 is 2.05 bits per heavy atom. The van der Waals surface area contributed by atoms with E-state index < -0.39 is 6.55 Å². The van der Waals surface area contributed by atoms with Crippen molar-refractivity contribution in [3.8, 4) is 11.1 Å². The zero-order valence-electron chi connectivity index (χ0n) is 20.5. The molecule has 0 amide bonds. The summed E-state index contributed by atoms with van der Waals surface area (Å²) in [5, 5.41) is 16.6. The average Bonchev–Trinajstić information content (AvgIpc) is 3.52. The second kappa shape index (κ2) is 11.2. The molecule has 1 aromatic carbocycles. The van der Waals surface area contributed by atoms with E-state index in [0.717, 1.165) is 16.8 Å². The number of ether oxygens (including phenoxy) is 1. The minimum absolute atomic E-state index is 0.0160. The molecule has 2 N–H and O–H groups in total. The summed E-state index contributed by atoms with van der Waals surface area (Å²) in [6, 6.07) is 9.58. The van der Waals surface area contributed by atoms with Gasteiger partial charge in [0.25, 0.3) is 0 Å². The highest BCUT2D eigenvalue weighted by Gasteiger charge is 2.28. The molecule has 5 rings (SSSR count). The fourth-order valence-corrected chi connectivity index (χ4v) is 4.97. The Hall–Kier alpha value is -3.38. The van der Waals surface area contributed by atoms with E-state index in [2.05, 4.69) is 24.9 Å². The molecular weight excluding hydrogens is 521 g/mol. The van der Waals surface area contributed by atoms with Gasteiger partial charge in [-0.3, -0.25) is 4.90 Å². The molecule has 0 spiro atoms. The average molecular weight is 547 g/mol. The molecule has 0 unspecified atom stereocenters. The third-order valence-corrected chi connectivity index (χ3v) is 6.92. The molecule has 38 heavy (non-hydrogen) atoms. The number of aliphatic hydroxyl groups excluding tert-OH is 1. The van der Waals surface area contributed by atoms with E-state index in [-0.39, 0.29) is 24.3 Å². The number of pyridine rings is 1. The minimum atomic E-state index is -2.79. The summed E-state index contributed by atoms with van der Waals surface area (Å²) < 4.78 is 48.5. The summed E-state index contributed by atoms with van der Waals surface area (Å²) in [7, 11) is 1.64. The van der Waals surface area contributed by atoms with Crippen molar-refractivity contribution in [1.29, 1.82) is 0 Å². The molecule has 0 aliphatic carbocycles. The third kappa shape index (κ3) is 5.41. The number of halogens is 4. The van der Waals surface area contributed by atoms with E-state index in [9.17, 15) is 18.3 Å². The van der Waals surface area contributed by atoms with Crippen LogP contribution in [0.1, 0.15) is 23.4 Å². The first-order chi connectivity index (χ1) is 18.4. The predicted molar refractivity (Wildman–Crippen MR) is 137 cm³/mol. The van der Waals surface area contributed by atoms with Gasteiger partial charge in [0, 0.05) is 62.0 Å². The molecule has 12 heteroatoms. The topological polar surface area (TPSA) is 80.4 Å². The van der Waals surface area contributed by atoms with Crippen LogP contribution < -0.4 is 5.32 Å². The summed E-state index contributed by atoms with van der Waals surface area (Å²) in [4.78, 5) is 6.43. The standard InChI is InChI=1S/C26H26ClF3N6O2/c1-38-15-21-13-34-11-18(7-20(34)12-35(21)10-17-6-19(28)3-2-16(17)14-37)22-8-24(31-9-23(22)27)33-25-4-5-32-36(25)26(29)30/h2-9,11,21,26,37H,10,12-15H2,1H3,(H,31,33)/t21-/m1/s1. The second-order valence-electron chi connectivity index (χ2n) is 9.07. The van der Waals surface area contributed by atoms with Crippen LogP contribution >= 0.6 is 11.6 Å². The Kier molecular flexibility index (Phi) is 7.70. The SMILES string of the molecule is COC[C@H]1Cn2cc(-c3cc(Nc4ccnn4C(F)F)ncc3Cl)cc2CN1Cc1cc(F)ccc1CO. The number of hydrogen-bond acceptors (Lipinski definition) is 6. The van der Waals surface area contributed by atoms with Crippen molar-refractivity contribution in [2.75, 3.05) is 19.0 Å². The fourth-order valence-electron chi connectivity index (χ4n) is 4.76. The zero-order chi connectivity index (χ0) is 26.8. The monoisotopic (exact) mass is 546 g/mol. The van der Waals surface area contributed by atoms with E-state index in [1.165, 1.54) is 30.6 Å². The summed E-state index contributed by atoms with van der Waals surface area (Å²) in [5.41, 5.74) is 3.97. The lowest BCUT2D eigenvalue weighted by Crippen LogP contribution is -2.44. The third-order valence-electron chi connectivity index (χ3n) is 6.62. The quantitative estimate of drug-likeness (QED) is 0.300. The molecular formula is C26H26ClF3N6O2. The number of hydrogen-bond donors (Lipinski definition) is 2. The number of rotatable bonds is 9. The molecule has 8 nitrogen and oxygen atoms in total.